The van der Waals surface area contributed by atoms with Crippen molar-refractivity contribution in [3.8, 4) is 0 Å². The Morgan fingerprint density at radius 3 is 1.67 bits per heavy atom. The Bertz CT molecular complexity index is 947. The van der Waals surface area contributed by atoms with Crippen molar-refractivity contribution in [2.75, 3.05) is 0 Å². The van der Waals surface area contributed by atoms with Gasteiger partial charge in [0.05, 0.1) is 18.1 Å². The number of carbonyl (C=O) groups excluding carboxylic acids is 2. The molecular weight excluding hydrogens is 380 g/mol. The second-order valence-corrected chi connectivity index (χ2v) is 7.55. The topological polar surface area (TPSA) is 65.7 Å². The summed E-state index contributed by atoms with van der Waals surface area (Å²) < 4.78 is 16.6. The third kappa shape index (κ3) is 4.79. The summed E-state index contributed by atoms with van der Waals surface area (Å²) in [5.74, 6) is -1.26. The zero-order valence-electron chi connectivity index (χ0n) is 17.6. The van der Waals surface area contributed by atoms with Crippen LogP contribution in [0.15, 0.2) is 71.3 Å². The summed E-state index contributed by atoms with van der Waals surface area (Å²) in [5, 5.41) is 0. The van der Waals surface area contributed by atoms with Crippen LogP contribution in [0.4, 0.5) is 0 Å². The zero-order valence-corrected chi connectivity index (χ0v) is 17.6. The molecule has 0 unspecified atom stereocenters. The highest BCUT2D eigenvalue weighted by molar-refractivity contribution is 6.04. The van der Waals surface area contributed by atoms with Crippen molar-refractivity contribution in [3.05, 3.63) is 94.9 Å². The van der Waals surface area contributed by atoms with Gasteiger partial charge in [-0.05, 0) is 38.8 Å². The standard InChI is InChI=1S/C25H26O5/c1-16(2)29-24(26)20-15-28-23(22(20)25(27)30-17(3)4)21(18-11-7-5-8-12-18)19-13-9-6-10-14-19/h5-17,21H,1-4H3. The number of hydrogen-bond acceptors (Lipinski definition) is 5. The van der Waals surface area contributed by atoms with Crippen LogP contribution in [0.2, 0.25) is 0 Å². The summed E-state index contributed by atoms with van der Waals surface area (Å²) in [5.41, 5.74) is 2.04. The second kappa shape index (κ2) is 9.44. The number of furan rings is 1. The molecule has 0 N–H and O–H groups in total. The van der Waals surface area contributed by atoms with Gasteiger partial charge in [-0.25, -0.2) is 9.59 Å². The molecule has 0 aliphatic heterocycles. The molecule has 0 saturated carbocycles. The lowest BCUT2D eigenvalue weighted by Gasteiger charge is -2.18. The van der Waals surface area contributed by atoms with E-state index >= 15 is 0 Å². The van der Waals surface area contributed by atoms with Crippen molar-refractivity contribution in [1.29, 1.82) is 0 Å². The average Bonchev–Trinajstić information content (AvgIpc) is 3.14. The fraction of sp³-hybridized carbons (Fsp3) is 0.280. The van der Waals surface area contributed by atoms with Crippen LogP contribution in [0.3, 0.4) is 0 Å². The molecule has 30 heavy (non-hydrogen) atoms. The van der Waals surface area contributed by atoms with E-state index < -0.39 is 11.9 Å². The minimum absolute atomic E-state index is 0.0706. The molecule has 0 spiro atoms. The molecule has 0 aliphatic rings. The molecule has 1 aromatic heterocycles. The van der Waals surface area contributed by atoms with Crippen molar-refractivity contribution in [2.45, 2.75) is 45.8 Å². The molecule has 0 saturated heterocycles. The third-order valence-corrected chi connectivity index (χ3v) is 4.46. The molecule has 156 valence electrons. The van der Waals surface area contributed by atoms with Crippen LogP contribution in [0.1, 0.15) is 71.2 Å². The summed E-state index contributed by atoms with van der Waals surface area (Å²) in [6, 6.07) is 19.4. The molecule has 0 bridgehead atoms. The lowest BCUT2D eigenvalue weighted by molar-refractivity contribution is 0.0328. The van der Waals surface area contributed by atoms with Gasteiger partial charge >= 0.3 is 11.9 Å². The summed E-state index contributed by atoms with van der Waals surface area (Å²) in [7, 11) is 0. The number of esters is 2. The van der Waals surface area contributed by atoms with Gasteiger partial charge in [0.15, 0.2) is 0 Å². The van der Waals surface area contributed by atoms with Gasteiger partial charge < -0.3 is 13.9 Å². The molecule has 3 rings (SSSR count). The van der Waals surface area contributed by atoms with Crippen LogP contribution in [0.25, 0.3) is 0 Å². The molecule has 5 heteroatoms. The highest BCUT2D eigenvalue weighted by Crippen LogP contribution is 2.36. The Labute approximate surface area is 176 Å². The van der Waals surface area contributed by atoms with Crippen LogP contribution in [0.5, 0.6) is 0 Å². The van der Waals surface area contributed by atoms with Gasteiger partial charge in [0, 0.05) is 0 Å². The lowest BCUT2D eigenvalue weighted by Crippen LogP contribution is -2.19. The van der Waals surface area contributed by atoms with Crippen molar-refractivity contribution in [3.63, 3.8) is 0 Å². The minimum Gasteiger partial charge on any atom is -0.466 e. The molecule has 0 aliphatic carbocycles. The largest absolute Gasteiger partial charge is 0.466 e. The maximum Gasteiger partial charge on any atom is 0.342 e. The van der Waals surface area contributed by atoms with Crippen LogP contribution in [0, 0.1) is 0 Å². The van der Waals surface area contributed by atoms with E-state index in [4.69, 9.17) is 13.9 Å². The number of hydrogen-bond donors (Lipinski definition) is 0. The van der Waals surface area contributed by atoms with Crippen molar-refractivity contribution < 1.29 is 23.5 Å². The van der Waals surface area contributed by atoms with E-state index in [-0.39, 0.29) is 29.3 Å². The first kappa shape index (κ1) is 21.4. The number of carbonyl (C=O) groups is 2. The molecule has 1 heterocycles. The van der Waals surface area contributed by atoms with E-state index in [1.165, 1.54) is 6.26 Å². The Kier molecular flexibility index (Phi) is 6.72. The molecule has 0 radical (unpaired) electrons. The van der Waals surface area contributed by atoms with Crippen molar-refractivity contribution in [2.24, 2.45) is 0 Å². The number of ether oxygens (including phenoxy) is 2. The summed E-state index contributed by atoms with van der Waals surface area (Å²) in [6.07, 6.45) is 0.612. The minimum atomic E-state index is -0.615. The first-order valence-corrected chi connectivity index (χ1v) is 10.0. The summed E-state index contributed by atoms with van der Waals surface area (Å²) >= 11 is 0. The predicted molar refractivity (Wildman–Crippen MR) is 114 cm³/mol. The van der Waals surface area contributed by atoms with Gasteiger partial charge in [-0.3, -0.25) is 0 Å². The Hall–Kier alpha value is -3.34. The summed E-state index contributed by atoms with van der Waals surface area (Å²) in [4.78, 5) is 25.7. The molecule has 0 amide bonds. The van der Waals surface area contributed by atoms with Gasteiger partial charge in [-0.1, -0.05) is 60.7 Å². The normalized spacial score (nSPS) is 11.2. The average molecular weight is 406 g/mol. The molecule has 5 nitrogen and oxygen atoms in total. The van der Waals surface area contributed by atoms with E-state index in [1.54, 1.807) is 27.7 Å². The van der Waals surface area contributed by atoms with Crippen LogP contribution < -0.4 is 0 Å². The number of benzene rings is 2. The van der Waals surface area contributed by atoms with E-state index in [0.717, 1.165) is 11.1 Å². The van der Waals surface area contributed by atoms with Crippen molar-refractivity contribution >= 4 is 11.9 Å². The second-order valence-electron chi connectivity index (χ2n) is 7.55. The SMILES string of the molecule is CC(C)OC(=O)c1coc(C(c2ccccc2)c2ccccc2)c1C(=O)OC(C)C. The molecule has 2 aromatic carbocycles. The van der Waals surface area contributed by atoms with E-state index in [1.807, 2.05) is 60.7 Å². The smallest absolute Gasteiger partial charge is 0.342 e. The zero-order chi connectivity index (χ0) is 21.7. The molecular formula is C25H26O5. The van der Waals surface area contributed by atoms with Crippen molar-refractivity contribution in [1.82, 2.24) is 0 Å². The third-order valence-electron chi connectivity index (χ3n) is 4.46. The van der Waals surface area contributed by atoms with Gasteiger partial charge in [0.2, 0.25) is 0 Å². The van der Waals surface area contributed by atoms with Crippen LogP contribution >= 0.6 is 0 Å². The molecule has 0 atom stereocenters. The molecule has 3 aromatic rings. The first-order chi connectivity index (χ1) is 14.4. The van der Waals surface area contributed by atoms with E-state index in [2.05, 4.69) is 0 Å². The predicted octanol–water partition coefficient (Wildman–Crippen LogP) is 5.59. The van der Waals surface area contributed by atoms with Gasteiger partial charge in [-0.15, -0.1) is 0 Å². The fourth-order valence-corrected chi connectivity index (χ4v) is 3.28. The van der Waals surface area contributed by atoms with Crippen LogP contribution in [-0.4, -0.2) is 24.1 Å². The lowest BCUT2D eigenvalue weighted by atomic mass is 9.87. The maximum atomic E-state index is 13.0. The summed E-state index contributed by atoms with van der Waals surface area (Å²) in [6.45, 7) is 7.02. The van der Waals surface area contributed by atoms with Gasteiger partial charge in [0.25, 0.3) is 0 Å². The Balaban J connectivity index is 2.19. The van der Waals surface area contributed by atoms with Crippen LogP contribution in [-0.2, 0) is 9.47 Å². The first-order valence-electron chi connectivity index (χ1n) is 10.0. The van der Waals surface area contributed by atoms with Gasteiger partial charge in [0.1, 0.15) is 23.2 Å². The highest BCUT2D eigenvalue weighted by Gasteiger charge is 2.33. The maximum absolute atomic E-state index is 13.0. The monoisotopic (exact) mass is 406 g/mol. The quantitative estimate of drug-likeness (QED) is 0.479. The Morgan fingerprint density at radius 1 is 0.733 bits per heavy atom. The van der Waals surface area contributed by atoms with Gasteiger partial charge in [-0.2, -0.15) is 0 Å². The molecule has 0 fully saturated rings. The fourth-order valence-electron chi connectivity index (χ4n) is 3.28. The highest BCUT2D eigenvalue weighted by atomic mass is 16.6. The Morgan fingerprint density at radius 2 is 1.20 bits per heavy atom. The van der Waals surface area contributed by atoms with E-state index in [9.17, 15) is 9.59 Å². The van der Waals surface area contributed by atoms with E-state index in [0.29, 0.717) is 5.76 Å². The number of rotatable bonds is 7.